The van der Waals surface area contributed by atoms with Gasteiger partial charge in [-0.05, 0) is 65.3 Å². The molecular formula is C16H23NOS2. The first-order valence-electron chi connectivity index (χ1n) is 7.03. The Labute approximate surface area is 130 Å². The van der Waals surface area contributed by atoms with Crippen molar-refractivity contribution in [3.05, 3.63) is 44.8 Å². The molecule has 0 spiro atoms. The van der Waals surface area contributed by atoms with Crippen LogP contribution in [-0.4, -0.2) is 32.1 Å². The quantitative estimate of drug-likeness (QED) is 0.715. The molecule has 0 saturated carbocycles. The Kier molecular flexibility index (Phi) is 5.78. The minimum absolute atomic E-state index is 0.273. The molecule has 0 saturated heterocycles. The van der Waals surface area contributed by atoms with Crippen LogP contribution in [0.4, 0.5) is 0 Å². The minimum atomic E-state index is -0.273. The molecule has 2 aromatic rings. The van der Waals surface area contributed by atoms with E-state index in [1.54, 1.807) is 22.7 Å². The van der Waals surface area contributed by atoms with Crippen molar-refractivity contribution in [3.8, 4) is 0 Å². The van der Waals surface area contributed by atoms with Crippen LogP contribution in [0.1, 0.15) is 30.9 Å². The topological polar surface area (TPSA) is 12.5 Å². The minimum Gasteiger partial charge on any atom is -0.364 e. The number of thiophene rings is 2. The van der Waals surface area contributed by atoms with Crippen molar-refractivity contribution >= 4 is 22.7 Å². The second kappa shape index (κ2) is 7.36. The third kappa shape index (κ3) is 3.50. The molecule has 0 amide bonds. The van der Waals surface area contributed by atoms with Gasteiger partial charge < -0.3 is 9.64 Å². The maximum absolute atomic E-state index is 6.44. The van der Waals surface area contributed by atoms with E-state index in [-0.39, 0.29) is 5.60 Å². The molecule has 0 bridgehead atoms. The van der Waals surface area contributed by atoms with Crippen LogP contribution >= 0.6 is 22.7 Å². The van der Waals surface area contributed by atoms with Crippen LogP contribution in [0.5, 0.6) is 0 Å². The van der Waals surface area contributed by atoms with Gasteiger partial charge in [0.1, 0.15) is 5.60 Å². The number of likely N-dealkylation sites (N-methyl/N-ethyl adjacent to an activating group) is 1. The normalized spacial score (nSPS) is 12.2. The lowest BCUT2D eigenvalue weighted by atomic mass is 9.85. The zero-order valence-corrected chi connectivity index (χ0v) is 14.1. The summed E-state index contributed by atoms with van der Waals surface area (Å²) < 4.78 is 6.44. The van der Waals surface area contributed by atoms with Crippen LogP contribution in [0, 0.1) is 0 Å². The molecule has 2 aromatic heterocycles. The molecule has 20 heavy (non-hydrogen) atoms. The highest BCUT2D eigenvalue weighted by molar-refractivity contribution is 7.08. The molecule has 110 valence electrons. The molecule has 0 unspecified atom stereocenters. The highest BCUT2D eigenvalue weighted by Gasteiger charge is 2.35. The largest absolute Gasteiger partial charge is 0.364 e. The Morgan fingerprint density at radius 3 is 2.10 bits per heavy atom. The van der Waals surface area contributed by atoms with Gasteiger partial charge in [-0.25, -0.2) is 0 Å². The first-order valence-corrected chi connectivity index (χ1v) is 8.91. The molecule has 0 aliphatic heterocycles. The summed E-state index contributed by atoms with van der Waals surface area (Å²) in [5.74, 6) is 0. The predicted octanol–water partition coefficient (Wildman–Crippen LogP) is 4.43. The molecule has 0 atom stereocenters. The average Bonchev–Trinajstić information content (AvgIpc) is 3.11. The summed E-state index contributed by atoms with van der Waals surface area (Å²) in [7, 11) is 4.17. The lowest BCUT2D eigenvalue weighted by Crippen LogP contribution is -2.33. The molecule has 0 aliphatic rings. The van der Waals surface area contributed by atoms with Crippen LogP contribution in [0.2, 0.25) is 0 Å². The van der Waals surface area contributed by atoms with Gasteiger partial charge in [0, 0.05) is 6.54 Å². The van der Waals surface area contributed by atoms with Crippen LogP contribution < -0.4 is 0 Å². The summed E-state index contributed by atoms with van der Waals surface area (Å²) in [4.78, 5) is 2.16. The fourth-order valence-corrected chi connectivity index (χ4v) is 3.88. The summed E-state index contributed by atoms with van der Waals surface area (Å²) in [6, 6.07) is 4.40. The van der Waals surface area contributed by atoms with Crippen molar-refractivity contribution in [1.29, 1.82) is 0 Å². The van der Waals surface area contributed by atoms with Crippen molar-refractivity contribution in [2.75, 3.05) is 27.2 Å². The number of nitrogens with zero attached hydrogens (tertiary/aromatic N) is 1. The maximum Gasteiger partial charge on any atom is 0.120 e. The molecule has 0 aliphatic carbocycles. The second-order valence-electron chi connectivity index (χ2n) is 5.25. The summed E-state index contributed by atoms with van der Waals surface area (Å²) in [5, 5.41) is 8.73. The Morgan fingerprint density at radius 1 is 1.10 bits per heavy atom. The lowest BCUT2D eigenvalue weighted by Gasteiger charge is -2.34. The van der Waals surface area contributed by atoms with Crippen LogP contribution in [0.25, 0.3) is 0 Å². The summed E-state index contributed by atoms with van der Waals surface area (Å²) in [6.07, 6.45) is 2.13. The van der Waals surface area contributed by atoms with E-state index < -0.39 is 0 Å². The molecule has 0 aromatic carbocycles. The van der Waals surface area contributed by atoms with Gasteiger partial charge in [-0.3, -0.25) is 0 Å². The fraction of sp³-hybridized carbons (Fsp3) is 0.500. The molecule has 4 heteroatoms. The van der Waals surface area contributed by atoms with E-state index in [0.29, 0.717) is 0 Å². The van der Waals surface area contributed by atoms with Gasteiger partial charge in [0.2, 0.25) is 0 Å². The van der Waals surface area contributed by atoms with Gasteiger partial charge in [0.15, 0.2) is 0 Å². The zero-order chi connectivity index (χ0) is 14.4. The SMILES string of the molecule is CCCC(OCCN(C)C)(c1ccsc1)c1ccsc1. The van der Waals surface area contributed by atoms with Crippen molar-refractivity contribution in [2.45, 2.75) is 25.4 Å². The Bertz CT molecular complexity index is 442. The summed E-state index contributed by atoms with van der Waals surface area (Å²) >= 11 is 3.48. The van der Waals surface area contributed by atoms with Gasteiger partial charge in [-0.1, -0.05) is 13.3 Å². The standard InChI is InChI=1S/C16H23NOS2/c1-4-7-16(14-5-10-19-12-14,15-6-11-20-13-15)18-9-8-17(2)3/h5-6,10-13H,4,7-9H2,1-3H3. The molecule has 2 rings (SSSR count). The van der Waals surface area contributed by atoms with Crippen molar-refractivity contribution in [2.24, 2.45) is 0 Å². The summed E-state index contributed by atoms with van der Waals surface area (Å²) in [6.45, 7) is 3.92. The number of ether oxygens (including phenoxy) is 1. The van der Waals surface area contributed by atoms with E-state index in [2.05, 4.69) is 59.6 Å². The first kappa shape index (κ1) is 15.7. The van der Waals surface area contributed by atoms with E-state index in [1.807, 2.05) is 0 Å². The Morgan fingerprint density at radius 2 is 1.70 bits per heavy atom. The molecule has 2 heterocycles. The lowest BCUT2D eigenvalue weighted by molar-refractivity contribution is -0.0299. The average molecular weight is 310 g/mol. The number of rotatable bonds is 8. The molecule has 0 radical (unpaired) electrons. The van der Waals surface area contributed by atoms with Crippen molar-refractivity contribution < 1.29 is 4.74 Å². The molecule has 2 nitrogen and oxygen atoms in total. The van der Waals surface area contributed by atoms with Gasteiger partial charge in [0.05, 0.1) is 6.61 Å². The number of hydrogen-bond acceptors (Lipinski definition) is 4. The molecular weight excluding hydrogens is 286 g/mol. The third-order valence-electron chi connectivity index (χ3n) is 3.46. The highest BCUT2D eigenvalue weighted by Crippen LogP contribution is 2.40. The van der Waals surface area contributed by atoms with E-state index in [4.69, 9.17) is 4.74 Å². The second-order valence-corrected chi connectivity index (χ2v) is 6.81. The Balaban J connectivity index is 2.29. The number of hydrogen-bond donors (Lipinski definition) is 0. The van der Waals surface area contributed by atoms with Gasteiger partial charge in [-0.15, -0.1) is 0 Å². The highest BCUT2D eigenvalue weighted by atomic mass is 32.1. The maximum atomic E-state index is 6.44. The molecule has 0 fully saturated rings. The third-order valence-corrected chi connectivity index (χ3v) is 4.83. The fourth-order valence-electron chi connectivity index (χ4n) is 2.44. The Hall–Kier alpha value is -0.680. The van der Waals surface area contributed by atoms with Crippen LogP contribution in [0.15, 0.2) is 33.7 Å². The molecule has 0 N–H and O–H groups in total. The smallest absolute Gasteiger partial charge is 0.120 e. The van der Waals surface area contributed by atoms with E-state index in [9.17, 15) is 0 Å². The van der Waals surface area contributed by atoms with Crippen LogP contribution in [0.3, 0.4) is 0 Å². The van der Waals surface area contributed by atoms with Crippen LogP contribution in [-0.2, 0) is 10.3 Å². The predicted molar refractivity (Wildman–Crippen MR) is 88.8 cm³/mol. The van der Waals surface area contributed by atoms with E-state index in [1.165, 1.54) is 11.1 Å². The van der Waals surface area contributed by atoms with Gasteiger partial charge in [0.25, 0.3) is 0 Å². The van der Waals surface area contributed by atoms with E-state index >= 15 is 0 Å². The van der Waals surface area contributed by atoms with Crippen molar-refractivity contribution in [1.82, 2.24) is 4.90 Å². The van der Waals surface area contributed by atoms with E-state index in [0.717, 1.165) is 26.0 Å². The monoisotopic (exact) mass is 309 g/mol. The van der Waals surface area contributed by atoms with Crippen molar-refractivity contribution in [3.63, 3.8) is 0 Å². The summed E-state index contributed by atoms with van der Waals surface area (Å²) in [5.41, 5.74) is 2.31. The van der Waals surface area contributed by atoms with Gasteiger partial charge in [-0.2, -0.15) is 22.7 Å². The van der Waals surface area contributed by atoms with Gasteiger partial charge >= 0.3 is 0 Å². The zero-order valence-electron chi connectivity index (χ0n) is 12.5. The first-order chi connectivity index (χ1) is 9.69.